The van der Waals surface area contributed by atoms with E-state index in [1.807, 2.05) is 30.3 Å². The van der Waals surface area contributed by atoms with E-state index >= 15 is 0 Å². The molecule has 1 radical (unpaired) electrons. The van der Waals surface area contributed by atoms with Crippen LogP contribution in [-0.2, 0) is 11.1 Å². The van der Waals surface area contributed by atoms with Crippen LogP contribution in [0.4, 0.5) is 0 Å². The number of benzene rings is 2. The van der Waals surface area contributed by atoms with Gasteiger partial charge in [-0.3, -0.25) is 0 Å². The van der Waals surface area contributed by atoms with Gasteiger partial charge in [-0.15, -0.1) is 12.6 Å². The molecular weight excluding hydrogens is 295 g/mol. The van der Waals surface area contributed by atoms with Gasteiger partial charge in [0.25, 0.3) is 0 Å². The van der Waals surface area contributed by atoms with Crippen LogP contribution < -0.4 is 0 Å². The average molecular weight is 305 g/mol. The Labute approximate surface area is 141 Å². The number of thiol groups is 1. The van der Waals surface area contributed by atoms with Crippen molar-refractivity contribution in [3.63, 3.8) is 0 Å². The predicted octanol–water partition coefficient (Wildman–Crippen LogP) is 3.33. The summed E-state index contributed by atoms with van der Waals surface area (Å²) in [6, 6.07) is 14.9. The molecule has 1 atom stereocenters. The Morgan fingerprint density at radius 2 is 1.78 bits per heavy atom. The van der Waals surface area contributed by atoms with E-state index in [-0.39, 0.29) is 29.6 Å². The first-order chi connectivity index (χ1) is 8.16. The van der Waals surface area contributed by atoms with Crippen LogP contribution in [0.3, 0.4) is 0 Å². The van der Waals surface area contributed by atoms with Gasteiger partial charge in [-0.2, -0.15) is 0 Å². The first-order valence-electron chi connectivity index (χ1n) is 4.83. The summed E-state index contributed by atoms with van der Waals surface area (Å²) in [5.41, 5.74) is 0. The summed E-state index contributed by atoms with van der Waals surface area (Å²) in [5, 5.41) is 0. The fourth-order valence-corrected chi connectivity index (χ4v) is 2.96. The molecule has 0 saturated heterocycles. The first-order valence-corrected chi connectivity index (χ1v) is 7.20. The van der Waals surface area contributed by atoms with Crippen molar-refractivity contribution in [3.8, 4) is 0 Å². The zero-order valence-corrected chi connectivity index (χ0v) is 14.3. The summed E-state index contributed by atoms with van der Waals surface area (Å²) in [5.74, 6) is 0. The van der Waals surface area contributed by atoms with E-state index in [1.54, 1.807) is 18.2 Å². The Kier molecular flexibility index (Phi) is 7.02. The maximum atomic E-state index is 11.0. The minimum absolute atomic E-state index is 0. The Morgan fingerprint density at radius 3 is 2.39 bits per heavy atom. The van der Waals surface area contributed by atoms with Crippen molar-refractivity contribution in [1.82, 2.24) is 0 Å². The Bertz CT molecular complexity index is 546. The van der Waals surface area contributed by atoms with E-state index in [0.717, 1.165) is 14.7 Å². The first kappa shape index (κ1) is 16.3. The fourth-order valence-electron chi connectivity index (χ4n) is 1.30. The van der Waals surface area contributed by atoms with Gasteiger partial charge < -0.3 is 4.55 Å². The molecule has 6 heteroatoms. The molecule has 18 heavy (non-hydrogen) atoms. The second-order valence-electron chi connectivity index (χ2n) is 3.29. The van der Waals surface area contributed by atoms with E-state index in [4.69, 9.17) is 4.55 Å². The minimum atomic E-state index is -1.95. The van der Waals surface area contributed by atoms with Gasteiger partial charge in [-0.1, -0.05) is 30.0 Å². The molecule has 0 aliphatic carbocycles. The zero-order valence-electron chi connectivity index (χ0n) is 9.74. The molecule has 0 spiro atoms. The molecule has 0 bridgehead atoms. The molecule has 2 aromatic rings. The molecule has 0 aliphatic rings. The minimum Gasteiger partial charge on any atom is -0.302 e. The summed E-state index contributed by atoms with van der Waals surface area (Å²) in [7, 11) is 0. The molecule has 2 rings (SSSR count). The van der Waals surface area contributed by atoms with Crippen LogP contribution in [0.15, 0.2) is 68.1 Å². The van der Waals surface area contributed by atoms with E-state index in [0.29, 0.717) is 4.90 Å². The standard InChI is InChI=1S/C12H10O2S3.Na/c13-17(14)10-6-7-11(15)12(8-10)16-9-4-2-1-3-5-9;/h1-8,15H,(H,13,14);. The second kappa shape index (κ2) is 7.75. The summed E-state index contributed by atoms with van der Waals surface area (Å²) >= 11 is 3.91. The second-order valence-corrected chi connectivity index (χ2v) is 5.86. The monoisotopic (exact) mass is 305 g/mol. The normalized spacial score (nSPS) is 11.7. The van der Waals surface area contributed by atoms with Crippen molar-refractivity contribution in [3.05, 3.63) is 48.5 Å². The van der Waals surface area contributed by atoms with Crippen LogP contribution in [0.1, 0.15) is 0 Å². The van der Waals surface area contributed by atoms with Crippen LogP contribution in [0.2, 0.25) is 0 Å². The molecule has 2 aromatic carbocycles. The molecule has 0 saturated carbocycles. The average Bonchev–Trinajstić information content (AvgIpc) is 2.33. The Hall–Kier alpha value is 0.250. The van der Waals surface area contributed by atoms with Crippen LogP contribution >= 0.6 is 24.4 Å². The van der Waals surface area contributed by atoms with E-state index < -0.39 is 11.1 Å². The summed E-state index contributed by atoms with van der Waals surface area (Å²) in [4.78, 5) is 3.14. The van der Waals surface area contributed by atoms with Crippen LogP contribution in [0.25, 0.3) is 0 Å². The van der Waals surface area contributed by atoms with Crippen molar-refractivity contribution in [1.29, 1.82) is 0 Å². The van der Waals surface area contributed by atoms with Crippen molar-refractivity contribution in [2.75, 3.05) is 0 Å². The zero-order chi connectivity index (χ0) is 12.3. The van der Waals surface area contributed by atoms with Gasteiger partial charge in [-0.25, -0.2) is 4.21 Å². The van der Waals surface area contributed by atoms with Crippen LogP contribution in [0, 0.1) is 0 Å². The third kappa shape index (κ3) is 4.42. The molecule has 0 aliphatic heterocycles. The van der Waals surface area contributed by atoms with Gasteiger partial charge in [0.05, 0.1) is 4.90 Å². The number of hydrogen-bond donors (Lipinski definition) is 2. The molecule has 2 nitrogen and oxygen atoms in total. The topological polar surface area (TPSA) is 37.3 Å². The van der Waals surface area contributed by atoms with Gasteiger partial charge in [0.2, 0.25) is 0 Å². The molecule has 1 N–H and O–H groups in total. The maximum absolute atomic E-state index is 11.0. The van der Waals surface area contributed by atoms with Crippen molar-refractivity contribution in [2.24, 2.45) is 0 Å². The van der Waals surface area contributed by atoms with E-state index in [2.05, 4.69) is 12.6 Å². The van der Waals surface area contributed by atoms with Crippen molar-refractivity contribution >= 4 is 65.0 Å². The maximum Gasteiger partial charge on any atom is 0.186 e. The molecule has 0 fully saturated rings. The van der Waals surface area contributed by atoms with Crippen molar-refractivity contribution in [2.45, 2.75) is 19.6 Å². The quantitative estimate of drug-likeness (QED) is 0.519. The number of hydrogen-bond acceptors (Lipinski definition) is 3. The largest absolute Gasteiger partial charge is 0.302 e. The summed E-state index contributed by atoms with van der Waals surface area (Å²) in [6.07, 6.45) is 0. The van der Waals surface area contributed by atoms with Gasteiger partial charge in [-0.05, 0) is 30.3 Å². The van der Waals surface area contributed by atoms with Crippen LogP contribution in [-0.4, -0.2) is 38.3 Å². The summed E-state index contributed by atoms with van der Waals surface area (Å²) < 4.78 is 20.0. The predicted molar refractivity (Wildman–Crippen MR) is 79.1 cm³/mol. The molecule has 0 aromatic heterocycles. The Balaban J connectivity index is 0.00000162. The smallest absolute Gasteiger partial charge is 0.186 e. The molecule has 0 amide bonds. The fraction of sp³-hybridized carbons (Fsp3) is 0. The SMILES string of the molecule is O=S(O)c1ccc(S)c(Sc2ccccc2)c1.[Na]. The number of rotatable bonds is 3. The van der Waals surface area contributed by atoms with E-state index in [9.17, 15) is 4.21 Å². The molecule has 0 heterocycles. The Morgan fingerprint density at radius 1 is 1.11 bits per heavy atom. The third-order valence-electron chi connectivity index (χ3n) is 2.10. The van der Waals surface area contributed by atoms with Gasteiger partial charge in [0.1, 0.15) is 0 Å². The molecule has 89 valence electrons. The van der Waals surface area contributed by atoms with Gasteiger partial charge >= 0.3 is 0 Å². The molecule has 1 unspecified atom stereocenters. The third-order valence-corrected chi connectivity index (χ3v) is 4.37. The molecular formula is C12H10NaO2S3. The summed E-state index contributed by atoms with van der Waals surface area (Å²) in [6.45, 7) is 0. The van der Waals surface area contributed by atoms with Crippen LogP contribution in [0.5, 0.6) is 0 Å². The van der Waals surface area contributed by atoms with E-state index in [1.165, 1.54) is 11.8 Å². The van der Waals surface area contributed by atoms with Crippen molar-refractivity contribution < 1.29 is 8.76 Å². The van der Waals surface area contributed by atoms with Gasteiger partial charge in [0.15, 0.2) is 11.1 Å². The van der Waals surface area contributed by atoms with Gasteiger partial charge in [0, 0.05) is 44.2 Å².